The smallest absolute Gasteiger partial charge is 0.239 e. The van der Waals surface area contributed by atoms with Gasteiger partial charge in [0, 0.05) is 30.4 Å². The number of halogens is 1. The largest absolute Gasteiger partial charge is 0.300 e. The SMILES string of the molecule is N=C1CC(c2cccc(-c3cccc(Cl)c3)c2)(C2CC2)C(=O)N1CCc1cccnc1. The molecule has 1 aromatic heterocycles. The first-order valence-electron chi connectivity index (χ1n) is 10.7. The second-order valence-electron chi connectivity index (χ2n) is 8.53. The number of nitrogens with zero attached hydrogens (tertiary/aromatic N) is 2. The first-order chi connectivity index (χ1) is 15.1. The number of carbonyl (C=O) groups is 1. The Hall–Kier alpha value is -2.98. The van der Waals surface area contributed by atoms with Crippen molar-refractivity contribution < 1.29 is 4.79 Å². The maximum atomic E-state index is 13.8. The molecule has 0 bridgehead atoms. The molecule has 2 aliphatic rings. The molecule has 0 spiro atoms. The zero-order chi connectivity index (χ0) is 21.4. The number of nitrogens with one attached hydrogen (secondary N) is 1. The Morgan fingerprint density at radius 2 is 1.84 bits per heavy atom. The highest BCUT2D eigenvalue weighted by atomic mass is 35.5. The standard InChI is InChI=1S/C26H24ClN3O/c27-23-8-2-6-20(15-23)19-5-1-7-22(14-19)26(21-9-10-21)16-24(28)30(25(26)31)13-11-18-4-3-12-29-17-18/h1-8,12,14-15,17,21,28H,9-11,13,16H2. The van der Waals surface area contributed by atoms with Crippen LogP contribution < -0.4 is 0 Å². The fourth-order valence-corrected chi connectivity index (χ4v) is 5.01. The lowest BCUT2D eigenvalue weighted by Gasteiger charge is -2.28. The van der Waals surface area contributed by atoms with Crippen LogP contribution in [0.4, 0.5) is 0 Å². The van der Waals surface area contributed by atoms with Crippen molar-refractivity contribution in [3.8, 4) is 11.1 Å². The van der Waals surface area contributed by atoms with Crippen molar-refractivity contribution >= 4 is 23.3 Å². The van der Waals surface area contributed by atoms with Gasteiger partial charge in [-0.05, 0) is 65.6 Å². The van der Waals surface area contributed by atoms with Gasteiger partial charge in [0.15, 0.2) is 0 Å². The molecule has 1 amide bonds. The van der Waals surface area contributed by atoms with Crippen molar-refractivity contribution in [3.63, 3.8) is 0 Å². The predicted octanol–water partition coefficient (Wildman–Crippen LogP) is 5.50. The molecule has 1 N–H and O–H groups in total. The molecule has 0 radical (unpaired) electrons. The van der Waals surface area contributed by atoms with Gasteiger partial charge in [0.1, 0.15) is 5.84 Å². The molecule has 3 aromatic rings. The summed E-state index contributed by atoms with van der Waals surface area (Å²) in [5, 5.41) is 9.34. The summed E-state index contributed by atoms with van der Waals surface area (Å²) >= 11 is 6.20. The lowest BCUT2D eigenvalue weighted by Crippen LogP contribution is -2.41. The molecule has 5 rings (SSSR count). The molecular formula is C26H24ClN3O. The van der Waals surface area contributed by atoms with Crippen molar-refractivity contribution in [2.24, 2.45) is 5.92 Å². The highest BCUT2D eigenvalue weighted by Crippen LogP contribution is 2.54. The molecule has 2 fully saturated rings. The number of likely N-dealkylation sites (tertiary alicyclic amines) is 1. The zero-order valence-corrected chi connectivity index (χ0v) is 18.0. The summed E-state index contributed by atoms with van der Waals surface area (Å²) in [6.45, 7) is 0.520. The quantitative estimate of drug-likeness (QED) is 0.562. The molecule has 2 aromatic carbocycles. The summed E-state index contributed by atoms with van der Waals surface area (Å²) in [6.07, 6.45) is 6.83. The van der Waals surface area contributed by atoms with Gasteiger partial charge in [-0.3, -0.25) is 20.1 Å². The molecule has 1 atom stereocenters. The van der Waals surface area contributed by atoms with Crippen molar-refractivity contribution in [1.82, 2.24) is 9.88 Å². The van der Waals surface area contributed by atoms with E-state index < -0.39 is 5.41 Å². The maximum absolute atomic E-state index is 13.8. The second-order valence-corrected chi connectivity index (χ2v) is 8.96. The van der Waals surface area contributed by atoms with Crippen molar-refractivity contribution in [3.05, 3.63) is 89.2 Å². The minimum Gasteiger partial charge on any atom is -0.300 e. The fourth-order valence-electron chi connectivity index (χ4n) is 4.82. The van der Waals surface area contributed by atoms with Crippen LogP contribution in [0, 0.1) is 11.3 Å². The van der Waals surface area contributed by atoms with Crippen LogP contribution in [0.3, 0.4) is 0 Å². The highest BCUT2D eigenvalue weighted by Gasteiger charge is 2.58. The molecule has 4 nitrogen and oxygen atoms in total. The fraction of sp³-hybridized carbons (Fsp3) is 0.269. The first-order valence-corrected chi connectivity index (χ1v) is 11.1. The third kappa shape index (κ3) is 3.66. The van der Waals surface area contributed by atoms with Gasteiger partial charge < -0.3 is 0 Å². The number of amides is 1. The van der Waals surface area contributed by atoms with Gasteiger partial charge in [-0.25, -0.2) is 0 Å². The number of aromatic nitrogens is 1. The molecule has 1 unspecified atom stereocenters. The van der Waals surface area contributed by atoms with E-state index in [1.165, 1.54) is 0 Å². The van der Waals surface area contributed by atoms with Gasteiger partial charge >= 0.3 is 0 Å². The second kappa shape index (κ2) is 7.93. The normalized spacial score (nSPS) is 21.0. The Morgan fingerprint density at radius 3 is 2.55 bits per heavy atom. The van der Waals surface area contributed by atoms with E-state index in [0.717, 1.165) is 35.1 Å². The van der Waals surface area contributed by atoms with Crippen LogP contribution in [-0.4, -0.2) is 28.2 Å². The topological polar surface area (TPSA) is 57.1 Å². The minimum absolute atomic E-state index is 0.0761. The number of hydrogen-bond donors (Lipinski definition) is 1. The van der Waals surface area contributed by atoms with E-state index in [4.69, 9.17) is 17.0 Å². The molecule has 1 aliphatic carbocycles. The van der Waals surface area contributed by atoms with Gasteiger partial charge in [0.25, 0.3) is 0 Å². The van der Waals surface area contributed by atoms with Crippen molar-refractivity contribution in [2.75, 3.05) is 6.54 Å². The number of pyridine rings is 1. The Morgan fingerprint density at radius 1 is 1.06 bits per heavy atom. The Bertz CT molecular complexity index is 1140. The van der Waals surface area contributed by atoms with E-state index >= 15 is 0 Å². The van der Waals surface area contributed by atoms with Gasteiger partial charge in [-0.15, -0.1) is 0 Å². The van der Waals surface area contributed by atoms with Crippen LogP contribution in [-0.2, 0) is 16.6 Å². The zero-order valence-electron chi connectivity index (χ0n) is 17.2. The number of rotatable bonds is 6. The summed E-state index contributed by atoms with van der Waals surface area (Å²) in [5.41, 5.74) is 3.56. The van der Waals surface area contributed by atoms with Crippen LogP contribution >= 0.6 is 11.6 Å². The summed E-state index contributed by atoms with van der Waals surface area (Å²) in [4.78, 5) is 19.6. The van der Waals surface area contributed by atoms with Gasteiger partial charge in [-0.1, -0.05) is 54.1 Å². The molecule has 31 heavy (non-hydrogen) atoms. The van der Waals surface area contributed by atoms with E-state index in [-0.39, 0.29) is 5.91 Å². The summed E-state index contributed by atoms with van der Waals surface area (Å²) < 4.78 is 0. The van der Waals surface area contributed by atoms with Crippen molar-refractivity contribution in [2.45, 2.75) is 31.1 Å². The molecule has 156 valence electrons. The monoisotopic (exact) mass is 429 g/mol. The number of carbonyl (C=O) groups excluding carboxylic acids is 1. The lowest BCUT2D eigenvalue weighted by molar-refractivity contribution is -0.131. The van der Waals surface area contributed by atoms with E-state index in [1.54, 1.807) is 11.1 Å². The van der Waals surface area contributed by atoms with Crippen LogP contribution in [0.1, 0.15) is 30.4 Å². The summed E-state index contributed by atoms with van der Waals surface area (Å²) in [7, 11) is 0. The maximum Gasteiger partial charge on any atom is 0.239 e. The van der Waals surface area contributed by atoms with Gasteiger partial charge in [-0.2, -0.15) is 0 Å². The first kappa shape index (κ1) is 20.0. The average Bonchev–Trinajstić information content (AvgIpc) is 3.60. The molecule has 1 saturated heterocycles. The summed E-state index contributed by atoms with van der Waals surface area (Å²) in [6, 6.07) is 20.0. The Balaban J connectivity index is 1.47. The molecule has 1 aliphatic heterocycles. The van der Waals surface area contributed by atoms with Gasteiger partial charge in [0.05, 0.1) is 5.41 Å². The summed E-state index contributed by atoms with van der Waals surface area (Å²) in [5.74, 6) is 0.805. The van der Waals surface area contributed by atoms with Crippen LogP contribution in [0.15, 0.2) is 73.1 Å². The molecule has 5 heteroatoms. The van der Waals surface area contributed by atoms with E-state index in [9.17, 15) is 4.79 Å². The molecule has 1 saturated carbocycles. The van der Waals surface area contributed by atoms with E-state index in [2.05, 4.69) is 23.2 Å². The van der Waals surface area contributed by atoms with Gasteiger partial charge in [0.2, 0.25) is 5.91 Å². The Kier molecular flexibility index (Phi) is 5.11. The lowest BCUT2D eigenvalue weighted by atomic mass is 9.73. The van der Waals surface area contributed by atoms with E-state index in [0.29, 0.717) is 36.2 Å². The third-order valence-electron chi connectivity index (χ3n) is 6.56. The van der Waals surface area contributed by atoms with E-state index in [1.807, 2.05) is 48.7 Å². The number of hydrogen-bond acceptors (Lipinski definition) is 3. The predicted molar refractivity (Wildman–Crippen MR) is 123 cm³/mol. The minimum atomic E-state index is -0.624. The van der Waals surface area contributed by atoms with Crippen LogP contribution in [0.2, 0.25) is 5.02 Å². The Labute approximate surface area is 187 Å². The number of benzene rings is 2. The van der Waals surface area contributed by atoms with Crippen LogP contribution in [0.5, 0.6) is 0 Å². The molecule has 2 heterocycles. The molecular weight excluding hydrogens is 406 g/mol. The highest BCUT2D eigenvalue weighted by molar-refractivity contribution is 6.30. The average molecular weight is 430 g/mol. The van der Waals surface area contributed by atoms with Crippen LogP contribution in [0.25, 0.3) is 11.1 Å². The number of amidine groups is 1. The third-order valence-corrected chi connectivity index (χ3v) is 6.79. The van der Waals surface area contributed by atoms with Crippen molar-refractivity contribution in [1.29, 1.82) is 5.41 Å².